The molecule has 1 aliphatic carbocycles. The lowest BCUT2D eigenvalue weighted by Crippen LogP contribution is -2.39. The van der Waals surface area contributed by atoms with Crippen LogP contribution in [0.5, 0.6) is 0 Å². The SMILES string of the molecule is CC1OC(C)C(C(O)C2CCC2)C1C. The van der Waals surface area contributed by atoms with Crippen LogP contribution in [0.25, 0.3) is 0 Å². The van der Waals surface area contributed by atoms with Crippen LogP contribution >= 0.6 is 0 Å². The van der Waals surface area contributed by atoms with Crippen molar-refractivity contribution in [2.45, 2.75) is 58.3 Å². The van der Waals surface area contributed by atoms with Gasteiger partial charge in [0.05, 0.1) is 18.3 Å². The Bertz CT molecular complexity index is 200. The highest BCUT2D eigenvalue weighted by atomic mass is 16.5. The van der Waals surface area contributed by atoms with E-state index in [9.17, 15) is 5.11 Å². The molecule has 0 spiro atoms. The second-order valence-corrected chi connectivity index (χ2v) is 5.16. The fraction of sp³-hybridized carbons (Fsp3) is 1.00. The third-order valence-corrected chi connectivity index (χ3v) is 4.35. The molecule has 0 aromatic heterocycles. The maximum Gasteiger partial charge on any atom is 0.0624 e. The van der Waals surface area contributed by atoms with E-state index in [1.807, 2.05) is 0 Å². The van der Waals surface area contributed by atoms with Crippen molar-refractivity contribution in [1.29, 1.82) is 0 Å². The lowest BCUT2D eigenvalue weighted by atomic mass is 9.72. The van der Waals surface area contributed by atoms with Gasteiger partial charge in [-0.3, -0.25) is 0 Å². The Hall–Kier alpha value is -0.0800. The maximum atomic E-state index is 10.2. The van der Waals surface area contributed by atoms with Gasteiger partial charge in [0.2, 0.25) is 0 Å². The van der Waals surface area contributed by atoms with Crippen LogP contribution in [0.2, 0.25) is 0 Å². The third kappa shape index (κ3) is 1.59. The molecule has 1 heterocycles. The summed E-state index contributed by atoms with van der Waals surface area (Å²) in [7, 11) is 0. The van der Waals surface area contributed by atoms with E-state index in [2.05, 4.69) is 20.8 Å². The molecule has 0 aromatic rings. The lowest BCUT2D eigenvalue weighted by Gasteiger charge is -2.36. The van der Waals surface area contributed by atoms with Crippen LogP contribution in [-0.2, 0) is 4.74 Å². The van der Waals surface area contributed by atoms with E-state index in [4.69, 9.17) is 4.74 Å². The minimum absolute atomic E-state index is 0.126. The Kier molecular flexibility index (Phi) is 2.85. The summed E-state index contributed by atoms with van der Waals surface area (Å²) in [4.78, 5) is 0. The van der Waals surface area contributed by atoms with Gasteiger partial charge < -0.3 is 9.84 Å². The number of hydrogen-bond acceptors (Lipinski definition) is 2. The van der Waals surface area contributed by atoms with Gasteiger partial charge in [-0.2, -0.15) is 0 Å². The summed E-state index contributed by atoms with van der Waals surface area (Å²) in [6, 6.07) is 0. The van der Waals surface area contributed by atoms with Crippen LogP contribution in [0.1, 0.15) is 40.0 Å². The predicted molar refractivity (Wildman–Crippen MR) is 56.0 cm³/mol. The lowest BCUT2D eigenvalue weighted by molar-refractivity contribution is -0.0219. The van der Waals surface area contributed by atoms with Crippen molar-refractivity contribution >= 4 is 0 Å². The summed E-state index contributed by atoms with van der Waals surface area (Å²) in [5.74, 6) is 1.41. The Labute approximate surface area is 86.6 Å². The normalized spacial score (nSPS) is 46.3. The highest BCUT2D eigenvalue weighted by molar-refractivity contribution is 4.92. The van der Waals surface area contributed by atoms with Crippen LogP contribution in [0, 0.1) is 17.8 Å². The minimum atomic E-state index is -0.126. The van der Waals surface area contributed by atoms with Crippen molar-refractivity contribution < 1.29 is 9.84 Å². The van der Waals surface area contributed by atoms with E-state index in [1.54, 1.807) is 0 Å². The van der Waals surface area contributed by atoms with Gasteiger partial charge in [0.25, 0.3) is 0 Å². The van der Waals surface area contributed by atoms with E-state index < -0.39 is 0 Å². The molecule has 5 unspecified atom stereocenters. The zero-order valence-corrected chi connectivity index (χ0v) is 9.44. The predicted octanol–water partition coefficient (Wildman–Crippen LogP) is 2.21. The number of aliphatic hydroxyl groups is 1. The molecular formula is C12H22O2. The van der Waals surface area contributed by atoms with Crippen LogP contribution in [-0.4, -0.2) is 23.4 Å². The molecule has 2 fully saturated rings. The average molecular weight is 198 g/mol. The summed E-state index contributed by atoms with van der Waals surface area (Å²) in [5.41, 5.74) is 0. The van der Waals surface area contributed by atoms with E-state index in [0.717, 1.165) is 0 Å². The molecule has 82 valence electrons. The molecule has 1 N–H and O–H groups in total. The largest absolute Gasteiger partial charge is 0.392 e. The van der Waals surface area contributed by atoms with E-state index in [1.165, 1.54) is 19.3 Å². The van der Waals surface area contributed by atoms with Crippen LogP contribution in [0.15, 0.2) is 0 Å². The first-order chi connectivity index (χ1) is 6.61. The first-order valence-electron chi connectivity index (χ1n) is 5.94. The maximum absolute atomic E-state index is 10.2. The molecule has 2 aliphatic rings. The third-order valence-electron chi connectivity index (χ3n) is 4.35. The standard InChI is InChI=1S/C12H22O2/c1-7-8(2)14-9(3)11(7)12(13)10-5-4-6-10/h7-13H,4-6H2,1-3H3. The molecule has 1 saturated heterocycles. The Balaban J connectivity index is 2.00. The first-order valence-corrected chi connectivity index (χ1v) is 5.94. The zero-order valence-electron chi connectivity index (χ0n) is 9.44. The van der Waals surface area contributed by atoms with E-state index in [0.29, 0.717) is 23.9 Å². The van der Waals surface area contributed by atoms with Gasteiger partial charge >= 0.3 is 0 Å². The van der Waals surface area contributed by atoms with E-state index >= 15 is 0 Å². The van der Waals surface area contributed by atoms with Crippen molar-refractivity contribution in [1.82, 2.24) is 0 Å². The summed E-state index contributed by atoms with van der Waals surface area (Å²) < 4.78 is 5.77. The van der Waals surface area contributed by atoms with Crippen LogP contribution in [0.3, 0.4) is 0 Å². The summed E-state index contributed by atoms with van der Waals surface area (Å²) in [5, 5.41) is 10.2. The number of aliphatic hydroxyl groups excluding tert-OH is 1. The van der Waals surface area contributed by atoms with Gasteiger partial charge in [-0.1, -0.05) is 13.3 Å². The fourth-order valence-electron chi connectivity index (χ4n) is 2.98. The molecular weight excluding hydrogens is 176 g/mol. The summed E-state index contributed by atoms with van der Waals surface area (Å²) in [6.45, 7) is 6.43. The zero-order chi connectivity index (χ0) is 10.3. The average Bonchev–Trinajstić information content (AvgIpc) is 2.23. The Morgan fingerprint density at radius 3 is 2.14 bits per heavy atom. The molecule has 0 bridgehead atoms. The van der Waals surface area contributed by atoms with Crippen LogP contribution in [0.4, 0.5) is 0 Å². The minimum Gasteiger partial charge on any atom is -0.392 e. The van der Waals surface area contributed by atoms with Crippen molar-refractivity contribution in [3.05, 3.63) is 0 Å². The number of ether oxygens (including phenoxy) is 1. The molecule has 0 radical (unpaired) electrons. The summed E-state index contributed by atoms with van der Waals surface area (Å²) in [6.07, 6.45) is 4.14. The first kappa shape index (κ1) is 10.4. The van der Waals surface area contributed by atoms with Gasteiger partial charge in [-0.05, 0) is 38.5 Å². The molecule has 2 nitrogen and oxygen atoms in total. The van der Waals surface area contributed by atoms with Gasteiger partial charge in [0, 0.05) is 5.92 Å². The quantitative estimate of drug-likeness (QED) is 0.737. The second kappa shape index (κ2) is 3.82. The fourth-order valence-corrected chi connectivity index (χ4v) is 2.98. The van der Waals surface area contributed by atoms with Gasteiger partial charge in [0.15, 0.2) is 0 Å². The molecule has 0 aromatic carbocycles. The topological polar surface area (TPSA) is 29.5 Å². The molecule has 1 saturated carbocycles. The smallest absolute Gasteiger partial charge is 0.0624 e. The van der Waals surface area contributed by atoms with Crippen molar-refractivity contribution in [3.8, 4) is 0 Å². The van der Waals surface area contributed by atoms with E-state index in [-0.39, 0.29) is 12.2 Å². The highest BCUT2D eigenvalue weighted by Crippen LogP contribution is 2.41. The summed E-state index contributed by atoms with van der Waals surface area (Å²) >= 11 is 0. The van der Waals surface area contributed by atoms with Crippen LogP contribution < -0.4 is 0 Å². The Morgan fingerprint density at radius 1 is 1.14 bits per heavy atom. The molecule has 5 atom stereocenters. The molecule has 2 heteroatoms. The van der Waals surface area contributed by atoms with Crippen molar-refractivity contribution in [2.75, 3.05) is 0 Å². The Morgan fingerprint density at radius 2 is 1.79 bits per heavy atom. The highest BCUT2D eigenvalue weighted by Gasteiger charge is 2.44. The molecule has 1 aliphatic heterocycles. The number of rotatable bonds is 2. The van der Waals surface area contributed by atoms with Gasteiger partial charge in [0.1, 0.15) is 0 Å². The van der Waals surface area contributed by atoms with Crippen molar-refractivity contribution in [3.63, 3.8) is 0 Å². The molecule has 2 rings (SSSR count). The number of hydrogen-bond donors (Lipinski definition) is 1. The molecule has 0 amide bonds. The monoisotopic (exact) mass is 198 g/mol. The van der Waals surface area contributed by atoms with Gasteiger partial charge in [-0.15, -0.1) is 0 Å². The second-order valence-electron chi connectivity index (χ2n) is 5.16. The van der Waals surface area contributed by atoms with Crippen molar-refractivity contribution in [2.24, 2.45) is 17.8 Å². The molecule has 14 heavy (non-hydrogen) atoms. The van der Waals surface area contributed by atoms with Gasteiger partial charge in [-0.25, -0.2) is 0 Å².